The van der Waals surface area contributed by atoms with Gasteiger partial charge in [0.05, 0.1) is 6.54 Å². The zero-order valence-electron chi connectivity index (χ0n) is 7.48. The molecule has 2 N–H and O–H groups in total. The second-order valence-corrected chi connectivity index (χ2v) is 3.95. The lowest BCUT2D eigenvalue weighted by Gasteiger charge is -2.07. The quantitative estimate of drug-likeness (QED) is 0.746. The predicted octanol–water partition coefficient (Wildman–Crippen LogP) is 1.01. The molecule has 70 valence electrons. The average Bonchev–Trinajstić information content (AvgIpc) is 1.96. The van der Waals surface area contributed by atoms with Crippen LogP contribution in [0.15, 0.2) is 11.1 Å². The van der Waals surface area contributed by atoms with Gasteiger partial charge in [0.15, 0.2) is 0 Å². The normalized spacial score (nSPS) is 10.0. The lowest BCUT2D eigenvalue weighted by Crippen LogP contribution is -2.37. The van der Waals surface area contributed by atoms with Gasteiger partial charge in [-0.05, 0) is 0 Å². The molecule has 0 aromatic heterocycles. The number of halogens is 1. The molecule has 3 nitrogen and oxygen atoms in total. The van der Waals surface area contributed by atoms with Crippen LogP contribution in [0, 0.1) is 0 Å². The summed E-state index contributed by atoms with van der Waals surface area (Å²) >= 11 is 3.15. The van der Waals surface area contributed by atoms with Gasteiger partial charge in [0.25, 0.3) is 0 Å². The van der Waals surface area contributed by atoms with Crippen molar-refractivity contribution in [2.45, 2.75) is 19.9 Å². The fraction of sp³-hybridized carbons (Fsp3) is 0.625. The van der Waals surface area contributed by atoms with Crippen molar-refractivity contribution in [1.82, 2.24) is 10.6 Å². The number of carbonyl (C=O) groups is 1. The zero-order valence-corrected chi connectivity index (χ0v) is 9.07. The van der Waals surface area contributed by atoms with Gasteiger partial charge >= 0.3 is 0 Å². The summed E-state index contributed by atoms with van der Waals surface area (Å²) in [6.45, 7) is 8.44. The van der Waals surface area contributed by atoms with E-state index in [0.29, 0.717) is 19.1 Å². The molecule has 1 amide bonds. The molecule has 0 aliphatic heterocycles. The smallest absolute Gasteiger partial charge is 0.234 e. The van der Waals surface area contributed by atoms with Crippen LogP contribution >= 0.6 is 15.9 Å². The Balaban J connectivity index is 3.40. The van der Waals surface area contributed by atoms with E-state index in [1.54, 1.807) is 0 Å². The van der Waals surface area contributed by atoms with E-state index in [1.807, 2.05) is 13.8 Å². The van der Waals surface area contributed by atoms with Crippen molar-refractivity contribution in [3.05, 3.63) is 11.1 Å². The molecule has 0 saturated carbocycles. The van der Waals surface area contributed by atoms with Gasteiger partial charge in [-0.3, -0.25) is 4.79 Å². The maximum Gasteiger partial charge on any atom is 0.234 e. The van der Waals surface area contributed by atoms with E-state index in [2.05, 4.69) is 33.1 Å². The number of nitrogens with one attached hydrogen (secondary N) is 2. The van der Waals surface area contributed by atoms with Crippen LogP contribution in [0.2, 0.25) is 0 Å². The number of rotatable bonds is 5. The third kappa shape index (κ3) is 7.75. The maximum absolute atomic E-state index is 11.0. The Morgan fingerprint density at radius 3 is 2.50 bits per heavy atom. The minimum Gasteiger partial charge on any atom is -0.350 e. The Hall–Kier alpha value is -0.350. The Morgan fingerprint density at radius 1 is 1.50 bits per heavy atom. The fourth-order valence-corrected chi connectivity index (χ4v) is 0.694. The minimum absolute atomic E-state index is 0.00991. The molecule has 0 aliphatic carbocycles. The highest BCUT2D eigenvalue weighted by Crippen LogP contribution is 1.95. The summed E-state index contributed by atoms with van der Waals surface area (Å²) in [5, 5.41) is 5.70. The van der Waals surface area contributed by atoms with Gasteiger partial charge in [-0.2, -0.15) is 0 Å². The molecule has 0 atom stereocenters. The van der Waals surface area contributed by atoms with Crippen LogP contribution in [0.4, 0.5) is 0 Å². The van der Waals surface area contributed by atoms with E-state index in [4.69, 9.17) is 0 Å². The minimum atomic E-state index is -0.00991. The van der Waals surface area contributed by atoms with Crippen molar-refractivity contribution in [2.75, 3.05) is 13.1 Å². The number of amides is 1. The molecule has 12 heavy (non-hydrogen) atoms. The molecule has 0 aliphatic rings. The fourth-order valence-electron chi connectivity index (χ4n) is 0.554. The topological polar surface area (TPSA) is 41.1 Å². The molecule has 0 heterocycles. The summed E-state index contributed by atoms with van der Waals surface area (Å²) in [4.78, 5) is 11.0. The summed E-state index contributed by atoms with van der Waals surface area (Å²) in [6.07, 6.45) is 0. The summed E-state index contributed by atoms with van der Waals surface area (Å²) in [5.74, 6) is -0.00991. The van der Waals surface area contributed by atoms with Crippen molar-refractivity contribution < 1.29 is 4.79 Å². The summed E-state index contributed by atoms with van der Waals surface area (Å²) in [7, 11) is 0. The van der Waals surface area contributed by atoms with Crippen molar-refractivity contribution in [3.8, 4) is 0 Å². The SMILES string of the molecule is C=C(Br)CNC(=O)CNC(C)C. The van der Waals surface area contributed by atoms with Crippen molar-refractivity contribution >= 4 is 21.8 Å². The number of hydrogen-bond acceptors (Lipinski definition) is 2. The van der Waals surface area contributed by atoms with Gasteiger partial charge in [0.1, 0.15) is 0 Å². The second-order valence-electron chi connectivity index (χ2n) is 2.83. The molecular formula is C8H15BrN2O. The van der Waals surface area contributed by atoms with E-state index in [1.165, 1.54) is 0 Å². The van der Waals surface area contributed by atoms with E-state index in [0.717, 1.165) is 4.48 Å². The van der Waals surface area contributed by atoms with Gasteiger partial charge in [0, 0.05) is 17.1 Å². The third-order valence-electron chi connectivity index (χ3n) is 1.15. The monoisotopic (exact) mass is 234 g/mol. The summed E-state index contributed by atoms with van der Waals surface area (Å²) in [5.41, 5.74) is 0. The molecule has 0 spiro atoms. The Kier molecular flexibility index (Phi) is 6.02. The van der Waals surface area contributed by atoms with Crippen molar-refractivity contribution in [2.24, 2.45) is 0 Å². The van der Waals surface area contributed by atoms with Crippen LogP contribution < -0.4 is 10.6 Å². The highest BCUT2D eigenvalue weighted by atomic mass is 79.9. The molecule has 0 aromatic carbocycles. The van der Waals surface area contributed by atoms with Crippen LogP contribution in [0.5, 0.6) is 0 Å². The first-order valence-electron chi connectivity index (χ1n) is 3.85. The standard InChI is InChI=1S/C8H15BrN2O/c1-6(2)10-5-8(12)11-4-7(3)9/h6,10H,3-5H2,1-2H3,(H,11,12). The van der Waals surface area contributed by atoms with Gasteiger partial charge in [-0.15, -0.1) is 0 Å². The van der Waals surface area contributed by atoms with Gasteiger partial charge < -0.3 is 10.6 Å². The van der Waals surface area contributed by atoms with E-state index in [-0.39, 0.29) is 5.91 Å². The number of hydrogen-bond donors (Lipinski definition) is 2. The first-order chi connectivity index (χ1) is 5.52. The first-order valence-corrected chi connectivity index (χ1v) is 4.65. The number of carbonyl (C=O) groups excluding carboxylic acids is 1. The molecule has 4 heteroatoms. The molecule has 0 saturated heterocycles. The van der Waals surface area contributed by atoms with E-state index >= 15 is 0 Å². The summed E-state index contributed by atoms with van der Waals surface area (Å²) < 4.78 is 0.778. The Morgan fingerprint density at radius 2 is 2.08 bits per heavy atom. The molecule has 0 aromatic rings. The molecule has 0 unspecified atom stereocenters. The Bertz CT molecular complexity index is 168. The highest BCUT2D eigenvalue weighted by Gasteiger charge is 2.00. The molecular weight excluding hydrogens is 220 g/mol. The lowest BCUT2D eigenvalue weighted by atomic mass is 10.4. The third-order valence-corrected chi connectivity index (χ3v) is 1.43. The first kappa shape index (κ1) is 11.6. The van der Waals surface area contributed by atoms with E-state index < -0.39 is 0 Å². The van der Waals surface area contributed by atoms with Crippen LogP contribution in [-0.2, 0) is 4.79 Å². The van der Waals surface area contributed by atoms with Crippen LogP contribution in [0.3, 0.4) is 0 Å². The van der Waals surface area contributed by atoms with Gasteiger partial charge in [0.2, 0.25) is 5.91 Å². The summed E-state index contributed by atoms with van der Waals surface area (Å²) in [6, 6.07) is 0.336. The highest BCUT2D eigenvalue weighted by molar-refractivity contribution is 9.11. The average molecular weight is 235 g/mol. The van der Waals surface area contributed by atoms with Crippen molar-refractivity contribution in [1.29, 1.82) is 0 Å². The van der Waals surface area contributed by atoms with Crippen molar-refractivity contribution in [3.63, 3.8) is 0 Å². The van der Waals surface area contributed by atoms with Crippen LogP contribution in [0.1, 0.15) is 13.8 Å². The van der Waals surface area contributed by atoms with E-state index in [9.17, 15) is 4.79 Å². The second kappa shape index (κ2) is 6.20. The van der Waals surface area contributed by atoms with Gasteiger partial charge in [-0.25, -0.2) is 0 Å². The lowest BCUT2D eigenvalue weighted by molar-refractivity contribution is -0.120. The van der Waals surface area contributed by atoms with Gasteiger partial charge in [-0.1, -0.05) is 36.4 Å². The molecule has 0 bridgehead atoms. The van der Waals surface area contributed by atoms with Crippen LogP contribution in [0.25, 0.3) is 0 Å². The molecule has 0 radical (unpaired) electrons. The Labute approximate surface area is 81.7 Å². The molecule has 0 fully saturated rings. The predicted molar refractivity (Wildman–Crippen MR) is 54.2 cm³/mol. The maximum atomic E-state index is 11.0. The molecule has 0 rings (SSSR count). The zero-order chi connectivity index (χ0) is 9.56. The largest absolute Gasteiger partial charge is 0.350 e. The van der Waals surface area contributed by atoms with Crippen LogP contribution in [-0.4, -0.2) is 25.0 Å².